The maximum Gasteiger partial charge on any atom is 0.158 e. The Morgan fingerprint density at radius 2 is 1.79 bits per heavy atom. The maximum atomic E-state index is 11.1. The van der Waals surface area contributed by atoms with Gasteiger partial charge in [-0.05, 0) is 31.0 Å². The molecule has 1 aromatic carbocycles. The fraction of sp³-hybridized carbons (Fsp3) is 0.619. The van der Waals surface area contributed by atoms with Gasteiger partial charge in [-0.1, -0.05) is 19.3 Å². The van der Waals surface area contributed by atoms with Crippen molar-refractivity contribution < 1.29 is 9.90 Å². The summed E-state index contributed by atoms with van der Waals surface area (Å²) in [5, 5.41) is 8.72. The minimum atomic E-state index is -0.329. The van der Waals surface area contributed by atoms with E-state index in [-0.39, 0.29) is 12.4 Å². The number of hydrogen-bond acceptors (Lipinski definition) is 4. The number of carbonyl (C=O) groups is 1. The highest BCUT2D eigenvalue weighted by Gasteiger charge is 2.11. The van der Waals surface area contributed by atoms with E-state index in [2.05, 4.69) is 34.7 Å². The van der Waals surface area contributed by atoms with Crippen molar-refractivity contribution in [2.24, 2.45) is 7.05 Å². The fourth-order valence-corrected chi connectivity index (χ4v) is 3.86. The lowest BCUT2D eigenvalue weighted by atomic mass is 10.1. The molecule has 1 N–H and O–H groups in total. The van der Waals surface area contributed by atoms with Crippen molar-refractivity contribution in [1.29, 1.82) is 0 Å². The number of Topliss-reactive ketones (excluding diaryl/α,β-unsaturated/α-hetero) is 1. The van der Waals surface area contributed by atoms with E-state index in [4.69, 9.17) is 33.3 Å². The molecule has 0 amide bonds. The number of carbonyl (C=O) groups excluding carboxylic acids is 1. The molecule has 0 bridgehead atoms. The molecule has 1 heterocycles. The number of alkyl halides is 2. The van der Waals surface area contributed by atoms with Crippen molar-refractivity contribution >= 4 is 45.7 Å². The Bertz CT molecular complexity index is 743. The average molecular weight is 428 g/mol. The van der Waals surface area contributed by atoms with Gasteiger partial charge in [-0.15, -0.1) is 23.2 Å². The number of benzene rings is 1. The zero-order valence-electron chi connectivity index (χ0n) is 16.7. The predicted octanol–water partition coefficient (Wildman–Crippen LogP) is 4.30. The first-order valence-electron chi connectivity index (χ1n) is 10.1. The van der Waals surface area contributed by atoms with Crippen molar-refractivity contribution in [3.8, 4) is 0 Å². The smallest absolute Gasteiger partial charge is 0.158 e. The lowest BCUT2D eigenvalue weighted by Gasteiger charge is -2.22. The Labute approximate surface area is 177 Å². The Morgan fingerprint density at radius 1 is 1.11 bits per heavy atom. The standard InChI is InChI=1S/C21H31Cl2N3O2/c1-25-20-10-9-17(26(13-11-22)14-12-23)15-19(20)24-21(25)8-6-4-2-3-5-7-18(28)16-27/h9-10,15,27H,2-8,11-14,16H2,1H3. The molecule has 0 saturated carbocycles. The highest BCUT2D eigenvalue weighted by molar-refractivity contribution is 6.18. The van der Waals surface area contributed by atoms with Crippen LogP contribution in [0.15, 0.2) is 18.2 Å². The van der Waals surface area contributed by atoms with Gasteiger partial charge in [0.15, 0.2) is 5.78 Å². The number of halogens is 2. The molecule has 156 valence electrons. The number of aliphatic hydroxyl groups is 1. The molecule has 1 aromatic heterocycles. The maximum absolute atomic E-state index is 11.1. The summed E-state index contributed by atoms with van der Waals surface area (Å²) in [5.41, 5.74) is 3.25. The van der Waals surface area contributed by atoms with Crippen LogP contribution in [0, 0.1) is 0 Å². The van der Waals surface area contributed by atoms with Crippen LogP contribution in [0.25, 0.3) is 11.0 Å². The minimum absolute atomic E-state index is 0.0604. The molecule has 2 aromatic rings. The topological polar surface area (TPSA) is 58.4 Å². The Morgan fingerprint density at radius 3 is 2.46 bits per heavy atom. The van der Waals surface area contributed by atoms with Crippen LogP contribution in [0.3, 0.4) is 0 Å². The zero-order chi connectivity index (χ0) is 20.4. The molecule has 0 aliphatic rings. The molecular formula is C21H31Cl2N3O2. The van der Waals surface area contributed by atoms with Gasteiger partial charge in [0, 0.05) is 50.4 Å². The number of aliphatic hydroxyl groups excluding tert-OH is 1. The van der Waals surface area contributed by atoms with Crippen LogP contribution in [0.5, 0.6) is 0 Å². The van der Waals surface area contributed by atoms with Crippen molar-refractivity contribution in [2.75, 3.05) is 36.4 Å². The van der Waals surface area contributed by atoms with Crippen molar-refractivity contribution in [3.63, 3.8) is 0 Å². The van der Waals surface area contributed by atoms with Gasteiger partial charge in [-0.2, -0.15) is 0 Å². The van der Waals surface area contributed by atoms with Gasteiger partial charge < -0.3 is 14.6 Å². The summed E-state index contributed by atoms with van der Waals surface area (Å²) in [6.07, 6.45) is 6.67. The lowest BCUT2D eigenvalue weighted by molar-refractivity contribution is -0.121. The largest absolute Gasteiger partial charge is 0.389 e. The van der Waals surface area contributed by atoms with Crippen molar-refractivity contribution in [1.82, 2.24) is 9.55 Å². The quantitative estimate of drug-likeness (QED) is 0.360. The Balaban J connectivity index is 1.89. The molecule has 0 atom stereocenters. The second-order valence-corrected chi connectivity index (χ2v) is 7.85. The van der Waals surface area contributed by atoms with Gasteiger partial charge in [0.05, 0.1) is 11.0 Å². The van der Waals surface area contributed by atoms with Gasteiger partial charge in [-0.3, -0.25) is 4.79 Å². The number of aromatic nitrogens is 2. The lowest BCUT2D eigenvalue weighted by Crippen LogP contribution is -2.27. The number of imidazole rings is 1. The Kier molecular flexibility index (Phi) is 10.1. The number of unbranched alkanes of at least 4 members (excludes halogenated alkanes) is 4. The molecular weight excluding hydrogens is 397 g/mol. The molecule has 0 spiro atoms. The SMILES string of the molecule is Cn1c(CCCCCCCC(=O)CO)nc2cc(N(CCCl)CCCl)ccc21. The first-order chi connectivity index (χ1) is 13.6. The predicted molar refractivity (Wildman–Crippen MR) is 118 cm³/mol. The number of anilines is 1. The van der Waals surface area contributed by atoms with Crippen LogP contribution >= 0.6 is 23.2 Å². The molecule has 7 heteroatoms. The van der Waals surface area contributed by atoms with E-state index in [1.807, 2.05) is 0 Å². The minimum Gasteiger partial charge on any atom is -0.389 e. The molecule has 0 radical (unpaired) electrons. The van der Waals surface area contributed by atoms with E-state index in [9.17, 15) is 4.79 Å². The van der Waals surface area contributed by atoms with Gasteiger partial charge in [0.25, 0.3) is 0 Å². The van der Waals surface area contributed by atoms with Gasteiger partial charge in [0.1, 0.15) is 12.4 Å². The average Bonchev–Trinajstić information content (AvgIpc) is 3.01. The van der Waals surface area contributed by atoms with Crippen LogP contribution in [0.2, 0.25) is 0 Å². The molecule has 0 saturated heterocycles. The monoisotopic (exact) mass is 427 g/mol. The van der Waals surface area contributed by atoms with Gasteiger partial charge in [-0.25, -0.2) is 4.98 Å². The number of ketones is 1. The summed E-state index contributed by atoms with van der Waals surface area (Å²) in [4.78, 5) is 18.1. The van der Waals surface area contributed by atoms with E-state index >= 15 is 0 Å². The number of aryl methyl sites for hydroxylation is 2. The molecule has 0 unspecified atom stereocenters. The van der Waals surface area contributed by atoms with Crippen molar-refractivity contribution in [3.05, 3.63) is 24.0 Å². The highest BCUT2D eigenvalue weighted by atomic mass is 35.5. The summed E-state index contributed by atoms with van der Waals surface area (Å²) in [7, 11) is 2.07. The molecule has 28 heavy (non-hydrogen) atoms. The van der Waals surface area contributed by atoms with Crippen LogP contribution in [-0.2, 0) is 18.3 Å². The summed E-state index contributed by atoms with van der Waals surface area (Å²) >= 11 is 11.8. The van der Waals surface area contributed by atoms with Gasteiger partial charge in [0.2, 0.25) is 0 Å². The summed E-state index contributed by atoms with van der Waals surface area (Å²) < 4.78 is 2.17. The number of nitrogens with zero attached hydrogens (tertiary/aromatic N) is 3. The summed E-state index contributed by atoms with van der Waals surface area (Å²) in [6, 6.07) is 6.35. The fourth-order valence-electron chi connectivity index (χ4n) is 3.45. The van der Waals surface area contributed by atoms with E-state index in [0.717, 1.165) is 74.2 Å². The van der Waals surface area contributed by atoms with Crippen molar-refractivity contribution in [2.45, 2.75) is 44.9 Å². The first-order valence-corrected chi connectivity index (χ1v) is 11.1. The zero-order valence-corrected chi connectivity index (χ0v) is 18.2. The molecule has 5 nitrogen and oxygen atoms in total. The van der Waals surface area contributed by atoms with E-state index in [1.54, 1.807) is 0 Å². The van der Waals surface area contributed by atoms with Crippen LogP contribution in [-0.4, -0.2) is 51.9 Å². The third-order valence-corrected chi connectivity index (χ3v) is 5.40. The third-order valence-electron chi connectivity index (χ3n) is 5.06. The van der Waals surface area contributed by atoms with Crippen LogP contribution in [0.4, 0.5) is 5.69 Å². The van der Waals surface area contributed by atoms with Crippen LogP contribution in [0.1, 0.15) is 44.3 Å². The highest BCUT2D eigenvalue weighted by Crippen LogP contribution is 2.23. The second kappa shape index (κ2) is 12.3. The third kappa shape index (κ3) is 6.64. The molecule has 2 rings (SSSR count). The molecule has 0 fully saturated rings. The number of fused-ring (bicyclic) bond motifs is 1. The second-order valence-electron chi connectivity index (χ2n) is 7.09. The molecule has 0 aliphatic carbocycles. The summed E-state index contributed by atoms with van der Waals surface area (Å²) in [5.74, 6) is 2.17. The van der Waals surface area contributed by atoms with E-state index in [1.165, 1.54) is 0 Å². The Hall–Kier alpha value is -1.30. The number of hydrogen-bond donors (Lipinski definition) is 1. The normalized spacial score (nSPS) is 11.3. The first kappa shape index (κ1) is 23.0. The van der Waals surface area contributed by atoms with Gasteiger partial charge >= 0.3 is 0 Å². The van der Waals surface area contributed by atoms with Crippen LogP contribution < -0.4 is 4.90 Å². The van der Waals surface area contributed by atoms with E-state index in [0.29, 0.717) is 18.2 Å². The summed E-state index contributed by atoms with van der Waals surface area (Å²) in [6.45, 7) is 1.21. The number of rotatable bonds is 14. The molecule has 0 aliphatic heterocycles. The van der Waals surface area contributed by atoms with E-state index < -0.39 is 0 Å².